The van der Waals surface area contributed by atoms with E-state index in [1.807, 2.05) is 0 Å². The zero-order valence-electron chi connectivity index (χ0n) is 11.1. The summed E-state index contributed by atoms with van der Waals surface area (Å²) in [5.74, 6) is -1.34. The molecule has 0 spiro atoms. The fourth-order valence-corrected chi connectivity index (χ4v) is 2.10. The van der Waals surface area contributed by atoms with Crippen molar-refractivity contribution in [3.8, 4) is 0 Å². The molecule has 1 N–H and O–H groups in total. The number of hydrogen-bond donors (Lipinski definition) is 1. The van der Waals surface area contributed by atoms with Crippen molar-refractivity contribution in [3.05, 3.63) is 34.2 Å². The third-order valence-electron chi connectivity index (χ3n) is 3.28. The minimum Gasteiger partial charge on any atom is -0.478 e. The second kappa shape index (κ2) is 5.87. The Balaban J connectivity index is 2.25. The number of nitrogens with zero attached hydrogens (tertiary/aromatic N) is 2. The number of ether oxygens (including phenoxy) is 1. The number of hydrogen-bond acceptors (Lipinski definition) is 4. The molecule has 0 radical (unpaired) electrons. The summed E-state index contributed by atoms with van der Waals surface area (Å²) in [6.45, 7) is 3.50. The first-order valence-electron chi connectivity index (χ1n) is 6.32. The molecule has 0 aromatic carbocycles. The maximum Gasteiger partial charge on any atom is 0.337 e. The number of rotatable bonds is 3. The van der Waals surface area contributed by atoms with Crippen molar-refractivity contribution < 1.29 is 19.4 Å². The van der Waals surface area contributed by atoms with Crippen LogP contribution in [0.25, 0.3) is 0 Å². The van der Waals surface area contributed by atoms with E-state index in [4.69, 9.17) is 9.84 Å². The van der Waals surface area contributed by atoms with Gasteiger partial charge in [0.05, 0.1) is 18.8 Å². The number of carbonyl (C=O) groups excluding carboxylic acids is 1. The van der Waals surface area contributed by atoms with Gasteiger partial charge in [0.25, 0.3) is 5.56 Å². The molecule has 1 aliphatic rings. The average molecular weight is 280 g/mol. The fraction of sp³-hybridized carbons (Fsp3) is 0.462. The predicted octanol–water partition coefficient (Wildman–Crippen LogP) is -0.0337. The summed E-state index contributed by atoms with van der Waals surface area (Å²) in [7, 11) is 0. The second-order valence-electron chi connectivity index (χ2n) is 4.58. The standard InChI is InChI=1S/C13H16N2O5/c1-9(12(17)14-4-6-20-7-5-14)15-8-10(13(18)19)2-3-11(15)16/h2-3,8-9H,4-7H2,1H3,(H,18,19). The van der Waals surface area contributed by atoms with E-state index in [-0.39, 0.29) is 11.5 Å². The van der Waals surface area contributed by atoms with Crippen molar-refractivity contribution in [1.82, 2.24) is 9.47 Å². The Bertz CT molecular complexity index is 574. The predicted molar refractivity (Wildman–Crippen MR) is 69.8 cm³/mol. The summed E-state index contributed by atoms with van der Waals surface area (Å²) >= 11 is 0. The molecule has 7 nitrogen and oxygen atoms in total. The van der Waals surface area contributed by atoms with E-state index < -0.39 is 17.6 Å². The van der Waals surface area contributed by atoms with Gasteiger partial charge in [0.2, 0.25) is 5.91 Å². The van der Waals surface area contributed by atoms with Crippen LogP contribution in [0.5, 0.6) is 0 Å². The van der Waals surface area contributed by atoms with E-state index in [0.717, 1.165) is 10.6 Å². The molecule has 0 aliphatic carbocycles. The van der Waals surface area contributed by atoms with Gasteiger partial charge in [-0.1, -0.05) is 0 Å². The number of amides is 1. The van der Waals surface area contributed by atoms with Gasteiger partial charge in [-0.3, -0.25) is 9.59 Å². The Hall–Kier alpha value is -2.15. The van der Waals surface area contributed by atoms with Gasteiger partial charge < -0.3 is 19.3 Å². The monoisotopic (exact) mass is 280 g/mol. The first kappa shape index (κ1) is 14.3. The van der Waals surface area contributed by atoms with E-state index in [2.05, 4.69) is 0 Å². The lowest BCUT2D eigenvalue weighted by atomic mass is 10.2. The van der Waals surface area contributed by atoms with Crippen molar-refractivity contribution in [2.24, 2.45) is 0 Å². The molecule has 1 aliphatic heterocycles. The first-order valence-corrected chi connectivity index (χ1v) is 6.32. The topological polar surface area (TPSA) is 88.8 Å². The zero-order valence-corrected chi connectivity index (χ0v) is 11.1. The lowest BCUT2D eigenvalue weighted by Gasteiger charge is -2.29. The molecule has 2 rings (SSSR count). The number of carboxylic acid groups (broad SMARTS) is 1. The summed E-state index contributed by atoms with van der Waals surface area (Å²) in [6, 6.07) is 1.65. The molecule has 7 heteroatoms. The minimum absolute atomic E-state index is 0.0220. The quantitative estimate of drug-likeness (QED) is 0.839. The van der Waals surface area contributed by atoms with Gasteiger partial charge in [-0.05, 0) is 13.0 Å². The number of aromatic nitrogens is 1. The third-order valence-corrected chi connectivity index (χ3v) is 3.28. The van der Waals surface area contributed by atoms with Crippen LogP contribution in [0.3, 0.4) is 0 Å². The normalized spacial score (nSPS) is 16.8. The molecule has 2 heterocycles. The van der Waals surface area contributed by atoms with Crippen LogP contribution in [0.2, 0.25) is 0 Å². The van der Waals surface area contributed by atoms with E-state index in [9.17, 15) is 14.4 Å². The number of pyridine rings is 1. The van der Waals surface area contributed by atoms with Gasteiger partial charge in [0, 0.05) is 25.4 Å². The highest BCUT2D eigenvalue weighted by molar-refractivity contribution is 5.87. The molecular formula is C13H16N2O5. The molecule has 1 unspecified atom stereocenters. The Morgan fingerprint density at radius 2 is 1.95 bits per heavy atom. The highest BCUT2D eigenvalue weighted by Crippen LogP contribution is 2.10. The molecule has 1 amide bonds. The van der Waals surface area contributed by atoms with Crippen molar-refractivity contribution in [2.45, 2.75) is 13.0 Å². The fourth-order valence-electron chi connectivity index (χ4n) is 2.10. The van der Waals surface area contributed by atoms with Crippen LogP contribution >= 0.6 is 0 Å². The summed E-state index contributed by atoms with van der Waals surface area (Å²) in [6.07, 6.45) is 1.20. The van der Waals surface area contributed by atoms with Gasteiger partial charge in [-0.15, -0.1) is 0 Å². The van der Waals surface area contributed by atoms with Gasteiger partial charge in [0.1, 0.15) is 6.04 Å². The summed E-state index contributed by atoms with van der Waals surface area (Å²) in [4.78, 5) is 36.6. The Morgan fingerprint density at radius 1 is 1.30 bits per heavy atom. The Labute approximate surface area is 115 Å². The lowest BCUT2D eigenvalue weighted by molar-refractivity contribution is -0.138. The number of morpholine rings is 1. The molecule has 0 saturated carbocycles. The lowest BCUT2D eigenvalue weighted by Crippen LogP contribution is -2.45. The summed E-state index contributed by atoms with van der Waals surface area (Å²) in [5.41, 5.74) is -0.421. The molecule has 1 saturated heterocycles. The smallest absolute Gasteiger partial charge is 0.337 e. The van der Waals surface area contributed by atoms with Gasteiger partial charge in [0.15, 0.2) is 0 Å². The Kier molecular flexibility index (Phi) is 4.19. The third kappa shape index (κ3) is 2.88. The van der Waals surface area contributed by atoms with Crippen LogP contribution in [-0.4, -0.2) is 52.8 Å². The van der Waals surface area contributed by atoms with E-state index in [1.54, 1.807) is 11.8 Å². The van der Waals surface area contributed by atoms with Crippen LogP contribution in [0.15, 0.2) is 23.1 Å². The van der Waals surface area contributed by atoms with Crippen LogP contribution in [-0.2, 0) is 9.53 Å². The number of carboxylic acids is 1. The molecular weight excluding hydrogens is 264 g/mol. The second-order valence-corrected chi connectivity index (χ2v) is 4.58. The largest absolute Gasteiger partial charge is 0.478 e. The van der Waals surface area contributed by atoms with E-state index in [1.165, 1.54) is 12.3 Å². The molecule has 20 heavy (non-hydrogen) atoms. The van der Waals surface area contributed by atoms with Gasteiger partial charge in [-0.2, -0.15) is 0 Å². The van der Waals surface area contributed by atoms with Crippen LogP contribution in [0.1, 0.15) is 23.3 Å². The first-order chi connectivity index (χ1) is 9.50. The number of aromatic carboxylic acids is 1. The van der Waals surface area contributed by atoms with Crippen LogP contribution < -0.4 is 5.56 Å². The highest BCUT2D eigenvalue weighted by Gasteiger charge is 2.24. The Morgan fingerprint density at radius 3 is 2.55 bits per heavy atom. The summed E-state index contributed by atoms with van der Waals surface area (Å²) in [5, 5.41) is 8.94. The van der Waals surface area contributed by atoms with Crippen LogP contribution in [0.4, 0.5) is 0 Å². The summed E-state index contributed by atoms with van der Waals surface area (Å²) < 4.78 is 6.32. The van der Waals surface area contributed by atoms with Crippen LogP contribution in [0, 0.1) is 0 Å². The minimum atomic E-state index is -1.13. The SMILES string of the molecule is CC(C(=O)N1CCOCC1)n1cc(C(=O)O)ccc1=O. The maximum atomic E-state index is 12.3. The van der Waals surface area contributed by atoms with E-state index in [0.29, 0.717) is 26.3 Å². The molecule has 1 atom stereocenters. The maximum absolute atomic E-state index is 12.3. The van der Waals surface area contributed by atoms with Crippen molar-refractivity contribution in [1.29, 1.82) is 0 Å². The van der Waals surface area contributed by atoms with Gasteiger partial charge >= 0.3 is 5.97 Å². The number of carbonyl (C=O) groups is 2. The molecule has 1 fully saturated rings. The molecule has 1 aromatic rings. The van der Waals surface area contributed by atoms with Crippen molar-refractivity contribution in [3.63, 3.8) is 0 Å². The molecule has 1 aromatic heterocycles. The molecule has 0 bridgehead atoms. The zero-order chi connectivity index (χ0) is 14.7. The van der Waals surface area contributed by atoms with Crippen molar-refractivity contribution >= 4 is 11.9 Å². The van der Waals surface area contributed by atoms with Crippen molar-refractivity contribution in [2.75, 3.05) is 26.3 Å². The van der Waals surface area contributed by atoms with Gasteiger partial charge in [-0.25, -0.2) is 4.79 Å². The average Bonchev–Trinajstić information content (AvgIpc) is 2.47. The van der Waals surface area contributed by atoms with E-state index >= 15 is 0 Å². The molecule has 108 valence electrons. The highest BCUT2D eigenvalue weighted by atomic mass is 16.5.